The van der Waals surface area contributed by atoms with E-state index in [0.29, 0.717) is 0 Å². The van der Waals surface area contributed by atoms with Crippen LogP contribution in [0.15, 0.2) is 78.9 Å². The van der Waals surface area contributed by atoms with Crippen LogP contribution >= 0.6 is 11.6 Å². The third-order valence-corrected chi connectivity index (χ3v) is 6.44. The molecule has 5 heteroatoms. The highest BCUT2D eigenvalue weighted by molar-refractivity contribution is 6.31. The van der Waals surface area contributed by atoms with Crippen molar-refractivity contribution < 1.29 is 0 Å². The quantitative estimate of drug-likeness (QED) is 0.623. The van der Waals surface area contributed by atoms with Crippen molar-refractivity contribution >= 4 is 34.4 Å². The first-order valence-corrected chi connectivity index (χ1v) is 11.2. The molecule has 1 saturated heterocycles. The molecule has 3 aromatic rings. The second-order valence-corrected chi connectivity index (χ2v) is 8.63. The highest BCUT2D eigenvalue weighted by Crippen LogP contribution is 2.37. The van der Waals surface area contributed by atoms with E-state index in [1.165, 1.54) is 11.3 Å². The number of rotatable bonds is 4. The van der Waals surface area contributed by atoms with Gasteiger partial charge < -0.3 is 15.5 Å². The van der Waals surface area contributed by atoms with Crippen LogP contribution in [-0.4, -0.2) is 37.6 Å². The van der Waals surface area contributed by atoms with Crippen molar-refractivity contribution in [2.45, 2.75) is 6.54 Å². The Labute approximate surface area is 189 Å². The summed E-state index contributed by atoms with van der Waals surface area (Å²) >= 11 is 6.27. The van der Waals surface area contributed by atoms with Gasteiger partial charge in [-0.3, -0.25) is 4.90 Å². The number of hydrogen-bond acceptors (Lipinski definition) is 4. The Morgan fingerprint density at radius 3 is 2.26 bits per heavy atom. The largest absolute Gasteiger partial charge is 0.398 e. The molecule has 0 radical (unpaired) electrons. The number of halogens is 1. The molecule has 0 saturated carbocycles. The van der Waals surface area contributed by atoms with Gasteiger partial charge in [0.15, 0.2) is 0 Å². The Balaban J connectivity index is 1.26. The number of fused-ring (bicyclic) bond motifs is 1. The summed E-state index contributed by atoms with van der Waals surface area (Å²) in [6.45, 7) is 6.04. The number of piperazine rings is 1. The van der Waals surface area contributed by atoms with Crippen LogP contribution in [0.3, 0.4) is 0 Å². The number of anilines is 3. The summed E-state index contributed by atoms with van der Waals surface area (Å²) in [7, 11) is 0. The van der Waals surface area contributed by atoms with E-state index in [9.17, 15) is 0 Å². The fraction of sp³-hybridized carbons (Fsp3) is 0.231. The lowest BCUT2D eigenvalue weighted by Crippen LogP contribution is -2.45. The zero-order chi connectivity index (χ0) is 21.2. The van der Waals surface area contributed by atoms with E-state index in [1.54, 1.807) is 0 Å². The van der Waals surface area contributed by atoms with Crippen molar-refractivity contribution in [1.29, 1.82) is 0 Å². The third kappa shape index (κ3) is 4.27. The van der Waals surface area contributed by atoms with Gasteiger partial charge in [0.25, 0.3) is 0 Å². The highest BCUT2D eigenvalue weighted by Gasteiger charge is 2.20. The minimum Gasteiger partial charge on any atom is -0.398 e. The predicted octanol–water partition coefficient (Wildman–Crippen LogP) is 5.11. The average molecular weight is 431 g/mol. The SMILES string of the molecule is NC1=CCN(c2ccc(N3CCN(Cc4ccccc4)CC3)cc2)c2cc(Cl)ccc21. The minimum absolute atomic E-state index is 0.725. The summed E-state index contributed by atoms with van der Waals surface area (Å²) in [5.41, 5.74) is 12.9. The second-order valence-electron chi connectivity index (χ2n) is 8.20. The highest BCUT2D eigenvalue weighted by atomic mass is 35.5. The van der Waals surface area contributed by atoms with Crippen LogP contribution in [0.5, 0.6) is 0 Å². The molecule has 1 fully saturated rings. The molecule has 0 bridgehead atoms. The molecule has 0 atom stereocenters. The molecule has 0 unspecified atom stereocenters. The molecule has 158 valence electrons. The van der Waals surface area contributed by atoms with E-state index in [-0.39, 0.29) is 0 Å². The van der Waals surface area contributed by atoms with E-state index in [0.717, 1.165) is 66.9 Å². The van der Waals surface area contributed by atoms with Gasteiger partial charge in [-0.2, -0.15) is 0 Å². The topological polar surface area (TPSA) is 35.7 Å². The van der Waals surface area contributed by atoms with Crippen molar-refractivity contribution in [3.8, 4) is 0 Å². The van der Waals surface area contributed by atoms with Gasteiger partial charge in [0, 0.05) is 66.9 Å². The van der Waals surface area contributed by atoms with E-state index >= 15 is 0 Å². The molecule has 3 aromatic carbocycles. The van der Waals surface area contributed by atoms with E-state index in [1.807, 2.05) is 18.2 Å². The molecule has 4 nitrogen and oxygen atoms in total. The van der Waals surface area contributed by atoms with Crippen LogP contribution < -0.4 is 15.5 Å². The smallest absolute Gasteiger partial charge is 0.0523 e. The predicted molar refractivity (Wildman–Crippen MR) is 131 cm³/mol. The first-order valence-electron chi connectivity index (χ1n) is 10.8. The first-order chi connectivity index (χ1) is 15.2. The Bertz CT molecular complexity index is 1070. The van der Waals surface area contributed by atoms with Crippen molar-refractivity contribution in [2.24, 2.45) is 5.73 Å². The summed E-state index contributed by atoms with van der Waals surface area (Å²) in [5, 5.41) is 0.725. The fourth-order valence-corrected chi connectivity index (χ4v) is 4.63. The third-order valence-electron chi connectivity index (χ3n) is 6.20. The maximum Gasteiger partial charge on any atom is 0.0523 e. The van der Waals surface area contributed by atoms with Gasteiger partial charge in [-0.25, -0.2) is 0 Å². The van der Waals surface area contributed by atoms with E-state index in [2.05, 4.69) is 75.4 Å². The van der Waals surface area contributed by atoms with Crippen molar-refractivity contribution in [1.82, 2.24) is 4.90 Å². The lowest BCUT2D eigenvalue weighted by Gasteiger charge is -2.36. The molecule has 0 amide bonds. The van der Waals surface area contributed by atoms with Crippen LogP contribution in [-0.2, 0) is 6.54 Å². The van der Waals surface area contributed by atoms with Gasteiger partial charge in [-0.15, -0.1) is 0 Å². The number of benzene rings is 3. The van der Waals surface area contributed by atoms with Crippen LogP contribution in [0.4, 0.5) is 17.1 Å². The summed E-state index contributed by atoms with van der Waals surface area (Å²) in [5.74, 6) is 0. The molecule has 0 aromatic heterocycles. The average Bonchev–Trinajstić information content (AvgIpc) is 2.81. The molecule has 31 heavy (non-hydrogen) atoms. The number of nitrogens with two attached hydrogens (primary N) is 1. The number of hydrogen-bond donors (Lipinski definition) is 1. The Morgan fingerprint density at radius 2 is 1.52 bits per heavy atom. The standard InChI is InChI=1S/C26H27ClN4/c27-21-6-11-24-25(28)12-13-31(26(24)18-21)23-9-7-22(8-10-23)30-16-14-29(15-17-30)19-20-4-2-1-3-5-20/h1-12,18H,13-17,19,28H2. The molecule has 2 aliphatic rings. The second kappa shape index (κ2) is 8.66. The van der Waals surface area contributed by atoms with Gasteiger partial charge in [0.1, 0.15) is 0 Å². The zero-order valence-electron chi connectivity index (χ0n) is 17.5. The van der Waals surface area contributed by atoms with Gasteiger partial charge in [-0.1, -0.05) is 41.9 Å². The van der Waals surface area contributed by atoms with Crippen molar-refractivity contribution in [3.05, 3.63) is 95.0 Å². The van der Waals surface area contributed by atoms with Gasteiger partial charge >= 0.3 is 0 Å². The molecule has 2 N–H and O–H groups in total. The van der Waals surface area contributed by atoms with E-state index in [4.69, 9.17) is 17.3 Å². The van der Waals surface area contributed by atoms with Gasteiger partial charge in [0.2, 0.25) is 0 Å². The van der Waals surface area contributed by atoms with Crippen LogP contribution in [0.1, 0.15) is 11.1 Å². The minimum atomic E-state index is 0.725. The lowest BCUT2D eigenvalue weighted by molar-refractivity contribution is 0.250. The Kier molecular flexibility index (Phi) is 5.58. The lowest BCUT2D eigenvalue weighted by atomic mass is 10.0. The molecular formula is C26H27ClN4. The van der Waals surface area contributed by atoms with Gasteiger partial charge in [0.05, 0.1) is 5.69 Å². The molecule has 5 rings (SSSR count). The van der Waals surface area contributed by atoms with Gasteiger partial charge in [-0.05, 0) is 54.1 Å². The fourth-order valence-electron chi connectivity index (χ4n) is 4.46. The monoisotopic (exact) mass is 430 g/mol. The van der Waals surface area contributed by atoms with E-state index < -0.39 is 0 Å². The van der Waals surface area contributed by atoms with Crippen LogP contribution in [0, 0.1) is 0 Å². The molecular weight excluding hydrogens is 404 g/mol. The Morgan fingerprint density at radius 1 is 0.806 bits per heavy atom. The summed E-state index contributed by atoms with van der Waals surface area (Å²) < 4.78 is 0. The molecule has 0 spiro atoms. The number of nitrogens with zero attached hydrogens (tertiary/aromatic N) is 3. The molecule has 2 heterocycles. The molecule has 2 aliphatic heterocycles. The van der Waals surface area contributed by atoms with Crippen molar-refractivity contribution in [3.63, 3.8) is 0 Å². The maximum absolute atomic E-state index is 6.27. The normalized spacial score (nSPS) is 16.7. The first kappa shape index (κ1) is 20.0. The summed E-state index contributed by atoms with van der Waals surface area (Å²) in [6, 6.07) is 25.5. The van der Waals surface area contributed by atoms with Crippen molar-refractivity contribution in [2.75, 3.05) is 42.5 Å². The Hall–Kier alpha value is -2.95. The molecule has 0 aliphatic carbocycles. The maximum atomic E-state index is 6.27. The zero-order valence-corrected chi connectivity index (χ0v) is 18.3. The summed E-state index contributed by atoms with van der Waals surface area (Å²) in [4.78, 5) is 7.27. The summed E-state index contributed by atoms with van der Waals surface area (Å²) in [6.07, 6.45) is 2.07. The van der Waals surface area contributed by atoms with Crippen LogP contribution in [0.25, 0.3) is 5.70 Å². The van der Waals surface area contributed by atoms with Crippen LogP contribution in [0.2, 0.25) is 5.02 Å².